The molecule has 96 valence electrons. The van der Waals surface area contributed by atoms with Gasteiger partial charge in [-0.2, -0.15) is 0 Å². The first-order valence-electron chi connectivity index (χ1n) is 5.68. The lowest BCUT2D eigenvalue weighted by Gasteiger charge is -2.04. The highest BCUT2D eigenvalue weighted by Gasteiger charge is 2.14. The minimum Gasteiger partial charge on any atom is -0.307 e. The largest absolute Gasteiger partial charge is 0.307 e. The highest BCUT2D eigenvalue weighted by molar-refractivity contribution is 9.10. The molecule has 0 spiro atoms. The number of aromatic nitrogens is 5. The average Bonchev–Trinajstić information content (AvgIpc) is 2.76. The molecule has 0 saturated heterocycles. The van der Waals surface area contributed by atoms with E-state index in [0.29, 0.717) is 33.8 Å². The molecule has 0 radical (unpaired) electrons. The fourth-order valence-corrected chi connectivity index (χ4v) is 2.20. The van der Waals surface area contributed by atoms with Crippen LogP contribution in [-0.4, -0.2) is 24.5 Å². The molecular formula is C12H9BrFN5. The monoisotopic (exact) mass is 321 g/mol. The van der Waals surface area contributed by atoms with Gasteiger partial charge in [0.25, 0.3) is 0 Å². The zero-order valence-corrected chi connectivity index (χ0v) is 11.6. The van der Waals surface area contributed by atoms with Crippen LogP contribution in [0.2, 0.25) is 0 Å². The summed E-state index contributed by atoms with van der Waals surface area (Å²) in [5.41, 5.74) is 1.80. The van der Waals surface area contributed by atoms with Crippen LogP contribution in [0.25, 0.3) is 22.7 Å². The molecule has 0 aromatic carbocycles. The number of halogens is 2. The zero-order valence-electron chi connectivity index (χ0n) is 10.0. The topological polar surface area (TPSA) is 56.5 Å². The summed E-state index contributed by atoms with van der Waals surface area (Å²) >= 11 is 3.29. The van der Waals surface area contributed by atoms with Gasteiger partial charge >= 0.3 is 0 Å². The number of pyridine rings is 1. The Hall–Kier alpha value is -1.89. The van der Waals surface area contributed by atoms with Crippen LogP contribution in [0.3, 0.4) is 0 Å². The van der Waals surface area contributed by atoms with Gasteiger partial charge in [-0.15, -0.1) is 0 Å². The van der Waals surface area contributed by atoms with E-state index < -0.39 is 5.82 Å². The van der Waals surface area contributed by atoms with E-state index in [1.54, 1.807) is 12.4 Å². The number of hydrogen-bond donors (Lipinski definition) is 0. The summed E-state index contributed by atoms with van der Waals surface area (Å²) in [6.45, 7) is 2.63. The van der Waals surface area contributed by atoms with Crippen molar-refractivity contribution in [2.75, 3.05) is 0 Å². The van der Waals surface area contributed by atoms with E-state index in [0.717, 1.165) is 6.20 Å². The molecule has 0 saturated carbocycles. The third kappa shape index (κ3) is 2.10. The molecule has 3 rings (SSSR count). The van der Waals surface area contributed by atoms with Crippen molar-refractivity contribution in [1.29, 1.82) is 0 Å². The Morgan fingerprint density at radius 3 is 2.84 bits per heavy atom. The van der Waals surface area contributed by atoms with Gasteiger partial charge < -0.3 is 4.57 Å². The number of imidazole rings is 1. The van der Waals surface area contributed by atoms with Gasteiger partial charge in [-0.1, -0.05) is 0 Å². The number of hydrogen-bond acceptors (Lipinski definition) is 4. The molecule has 3 heterocycles. The van der Waals surface area contributed by atoms with Gasteiger partial charge in [-0.05, 0) is 28.9 Å². The second kappa shape index (κ2) is 4.65. The molecule has 19 heavy (non-hydrogen) atoms. The maximum absolute atomic E-state index is 13.3. The number of fused-ring (bicyclic) bond motifs is 1. The van der Waals surface area contributed by atoms with Gasteiger partial charge in [-0.3, -0.25) is 4.98 Å². The van der Waals surface area contributed by atoms with E-state index in [2.05, 4.69) is 35.9 Å². The third-order valence-electron chi connectivity index (χ3n) is 2.71. The van der Waals surface area contributed by atoms with Crippen molar-refractivity contribution in [3.8, 4) is 11.4 Å². The normalized spacial score (nSPS) is 11.1. The second-order valence-corrected chi connectivity index (χ2v) is 4.72. The highest BCUT2D eigenvalue weighted by Crippen LogP contribution is 2.23. The van der Waals surface area contributed by atoms with Crippen molar-refractivity contribution in [2.24, 2.45) is 0 Å². The van der Waals surface area contributed by atoms with Crippen LogP contribution in [0.1, 0.15) is 6.92 Å². The summed E-state index contributed by atoms with van der Waals surface area (Å²) in [4.78, 5) is 16.8. The Morgan fingerprint density at radius 1 is 1.26 bits per heavy atom. The zero-order chi connectivity index (χ0) is 13.4. The molecular weight excluding hydrogens is 313 g/mol. The predicted molar refractivity (Wildman–Crippen MR) is 71.9 cm³/mol. The molecule has 0 aliphatic rings. The molecule has 0 amide bonds. The van der Waals surface area contributed by atoms with Gasteiger partial charge in [0.1, 0.15) is 16.2 Å². The van der Waals surface area contributed by atoms with E-state index in [1.807, 2.05) is 11.5 Å². The van der Waals surface area contributed by atoms with Crippen molar-refractivity contribution >= 4 is 27.2 Å². The van der Waals surface area contributed by atoms with Gasteiger partial charge in [-0.25, -0.2) is 19.3 Å². The molecule has 0 unspecified atom stereocenters. The summed E-state index contributed by atoms with van der Waals surface area (Å²) in [5.74, 6) is 0.219. The van der Waals surface area contributed by atoms with E-state index in [1.165, 1.54) is 6.07 Å². The lowest BCUT2D eigenvalue weighted by Crippen LogP contribution is -1.99. The first kappa shape index (κ1) is 12.2. The van der Waals surface area contributed by atoms with Gasteiger partial charge in [0.05, 0.1) is 12.4 Å². The van der Waals surface area contributed by atoms with E-state index in [9.17, 15) is 4.39 Å². The molecule has 7 heteroatoms. The first-order valence-corrected chi connectivity index (χ1v) is 6.48. The quantitative estimate of drug-likeness (QED) is 0.728. The number of aryl methyl sites for hydroxylation is 1. The molecule has 0 bridgehead atoms. The fraction of sp³-hybridized carbons (Fsp3) is 0.167. The number of nitrogens with zero attached hydrogens (tertiary/aromatic N) is 5. The molecule has 0 fully saturated rings. The summed E-state index contributed by atoms with van der Waals surface area (Å²) in [6, 6.07) is 1.40. The molecule has 3 aromatic heterocycles. The van der Waals surface area contributed by atoms with Crippen molar-refractivity contribution < 1.29 is 4.39 Å². The number of rotatable bonds is 2. The van der Waals surface area contributed by atoms with Gasteiger partial charge in [0, 0.05) is 18.3 Å². The summed E-state index contributed by atoms with van der Waals surface area (Å²) in [5, 5.41) is 0. The molecule has 5 nitrogen and oxygen atoms in total. The Kier molecular flexibility index (Phi) is 2.98. The van der Waals surface area contributed by atoms with Crippen molar-refractivity contribution in [2.45, 2.75) is 13.5 Å². The Morgan fingerprint density at radius 2 is 2.11 bits per heavy atom. The maximum Gasteiger partial charge on any atom is 0.198 e. The van der Waals surface area contributed by atoms with Crippen LogP contribution in [0.15, 0.2) is 29.3 Å². The molecule has 0 atom stereocenters. The third-order valence-corrected chi connectivity index (χ3v) is 3.09. The van der Waals surface area contributed by atoms with Crippen LogP contribution in [0.5, 0.6) is 0 Å². The van der Waals surface area contributed by atoms with E-state index in [-0.39, 0.29) is 0 Å². The molecule has 0 aliphatic carbocycles. The van der Waals surface area contributed by atoms with Crippen LogP contribution in [0, 0.1) is 5.82 Å². The first-order chi connectivity index (χ1) is 9.19. The molecule has 3 aromatic rings. The van der Waals surface area contributed by atoms with Crippen LogP contribution in [0.4, 0.5) is 4.39 Å². The van der Waals surface area contributed by atoms with E-state index >= 15 is 0 Å². The van der Waals surface area contributed by atoms with Gasteiger partial charge in [0.2, 0.25) is 0 Å². The highest BCUT2D eigenvalue weighted by atomic mass is 79.9. The van der Waals surface area contributed by atoms with E-state index in [4.69, 9.17) is 0 Å². The Balaban J connectivity index is 2.29. The lowest BCUT2D eigenvalue weighted by molar-refractivity contribution is 0.621. The van der Waals surface area contributed by atoms with Crippen LogP contribution in [-0.2, 0) is 6.54 Å². The SMILES string of the molecule is CCn1c(-c2cncc(F)c2)nc2ncc(Br)nc21. The standard InChI is InChI=1S/C12H9BrFN5/c1-2-19-11(7-3-8(14)5-15-4-7)18-10-12(19)17-9(13)6-16-10/h3-6H,2H2,1H3. The molecule has 0 aliphatic heterocycles. The van der Waals surface area contributed by atoms with Crippen molar-refractivity contribution in [3.05, 3.63) is 35.1 Å². The van der Waals surface area contributed by atoms with Gasteiger partial charge in [0.15, 0.2) is 11.3 Å². The van der Waals surface area contributed by atoms with Crippen molar-refractivity contribution in [1.82, 2.24) is 24.5 Å². The Labute approximate surface area is 116 Å². The van der Waals surface area contributed by atoms with Crippen LogP contribution < -0.4 is 0 Å². The summed E-state index contributed by atoms with van der Waals surface area (Å²) in [6.07, 6.45) is 4.32. The predicted octanol–water partition coefficient (Wildman–Crippen LogP) is 2.81. The Bertz CT molecular complexity index is 755. The minimum absolute atomic E-state index is 0.394. The van der Waals surface area contributed by atoms with Crippen LogP contribution >= 0.6 is 15.9 Å². The second-order valence-electron chi connectivity index (χ2n) is 3.91. The maximum atomic E-state index is 13.3. The smallest absolute Gasteiger partial charge is 0.198 e. The lowest BCUT2D eigenvalue weighted by atomic mass is 10.2. The molecule has 0 N–H and O–H groups in total. The van der Waals surface area contributed by atoms with Crippen molar-refractivity contribution in [3.63, 3.8) is 0 Å². The fourth-order valence-electron chi connectivity index (χ4n) is 1.93. The minimum atomic E-state index is -0.394. The summed E-state index contributed by atoms with van der Waals surface area (Å²) in [7, 11) is 0. The summed E-state index contributed by atoms with van der Waals surface area (Å²) < 4.78 is 15.8. The average molecular weight is 322 g/mol.